The Morgan fingerprint density at radius 1 is 1.24 bits per heavy atom. The van der Waals surface area contributed by atoms with Gasteiger partial charge in [0, 0.05) is 12.2 Å². The third-order valence-corrected chi connectivity index (χ3v) is 3.95. The Labute approximate surface area is 125 Å². The second-order valence-corrected chi connectivity index (χ2v) is 5.87. The number of imidazole rings is 1. The minimum absolute atomic E-state index is 0.298. The first-order valence-electron chi connectivity index (χ1n) is 6.75. The fraction of sp³-hybridized carbons (Fsp3) is 0.500. The summed E-state index contributed by atoms with van der Waals surface area (Å²) in [4.78, 5) is 3.71. The number of unbranched alkanes of at least 4 members (excludes halogenated alkanes) is 2. The number of thioether (sulfide) groups is 1. The van der Waals surface area contributed by atoms with Gasteiger partial charge in [0.2, 0.25) is 5.82 Å². The summed E-state index contributed by atoms with van der Waals surface area (Å²) in [6.45, 7) is 0.323. The molecule has 116 valence electrons. The van der Waals surface area contributed by atoms with Crippen molar-refractivity contribution in [3.63, 3.8) is 0 Å². The summed E-state index contributed by atoms with van der Waals surface area (Å²) in [7, 11) is 0. The van der Waals surface area contributed by atoms with Crippen molar-refractivity contribution in [3.05, 3.63) is 24.0 Å². The van der Waals surface area contributed by atoms with E-state index in [1.54, 1.807) is 23.9 Å². The van der Waals surface area contributed by atoms with Gasteiger partial charge in [0.1, 0.15) is 0 Å². The van der Waals surface area contributed by atoms with Crippen LogP contribution in [-0.2, 0) is 12.7 Å². The van der Waals surface area contributed by atoms with Crippen molar-refractivity contribution in [2.75, 3.05) is 17.7 Å². The van der Waals surface area contributed by atoms with Crippen molar-refractivity contribution in [2.24, 2.45) is 0 Å². The lowest BCUT2D eigenvalue weighted by atomic mass is 10.2. The molecule has 1 aromatic heterocycles. The zero-order valence-electron chi connectivity index (χ0n) is 11.8. The van der Waals surface area contributed by atoms with E-state index < -0.39 is 12.0 Å². The predicted octanol–water partition coefficient (Wildman–Crippen LogP) is 4.17. The van der Waals surface area contributed by atoms with Crippen LogP contribution in [0.25, 0.3) is 11.0 Å². The summed E-state index contributed by atoms with van der Waals surface area (Å²) < 4.78 is 40.6. The number of rotatable bonds is 6. The molecular weight excluding hydrogens is 299 g/mol. The molecule has 3 nitrogen and oxygen atoms in total. The molecule has 0 amide bonds. The third-order valence-electron chi connectivity index (χ3n) is 3.26. The van der Waals surface area contributed by atoms with Crippen molar-refractivity contribution in [3.8, 4) is 0 Å². The zero-order valence-corrected chi connectivity index (χ0v) is 12.6. The monoisotopic (exact) mass is 317 g/mol. The average Bonchev–Trinajstić information content (AvgIpc) is 2.76. The SMILES string of the molecule is CSCCCCCn1c(C(F)(F)F)nc2cc(N)ccc21. The molecule has 0 aliphatic carbocycles. The van der Waals surface area contributed by atoms with Crippen molar-refractivity contribution >= 4 is 28.5 Å². The highest BCUT2D eigenvalue weighted by Crippen LogP contribution is 2.32. The van der Waals surface area contributed by atoms with Crippen LogP contribution < -0.4 is 5.73 Å². The van der Waals surface area contributed by atoms with E-state index in [0.29, 0.717) is 29.7 Å². The number of aromatic nitrogens is 2. The van der Waals surface area contributed by atoms with Gasteiger partial charge in [-0.1, -0.05) is 6.42 Å². The minimum atomic E-state index is -4.45. The van der Waals surface area contributed by atoms with Gasteiger partial charge in [-0.05, 0) is 43.0 Å². The number of anilines is 1. The first-order valence-corrected chi connectivity index (χ1v) is 8.15. The van der Waals surface area contributed by atoms with Gasteiger partial charge in [0.25, 0.3) is 0 Å². The van der Waals surface area contributed by atoms with E-state index in [9.17, 15) is 13.2 Å². The lowest BCUT2D eigenvalue weighted by Crippen LogP contribution is -2.15. The molecule has 0 atom stereocenters. The average molecular weight is 317 g/mol. The van der Waals surface area contributed by atoms with Crippen LogP contribution in [-0.4, -0.2) is 21.6 Å². The van der Waals surface area contributed by atoms with E-state index in [4.69, 9.17) is 5.73 Å². The van der Waals surface area contributed by atoms with E-state index in [1.807, 2.05) is 6.26 Å². The summed E-state index contributed by atoms with van der Waals surface area (Å²) in [5.74, 6) is 0.195. The van der Waals surface area contributed by atoms with Gasteiger partial charge >= 0.3 is 6.18 Å². The van der Waals surface area contributed by atoms with Crippen molar-refractivity contribution in [1.82, 2.24) is 9.55 Å². The van der Waals surface area contributed by atoms with E-state index >= 15 is 0 Å². The number of nitrogens with two attached hydrogens (primary N) is 1. The van der Waals surface area contributed by atoms with Gasteiger partial charge in [-0.25, -0.2) is 4.98 Å². The lowest BCUT2D eigenvalue weighted by Gasteiger charge is -2.11. The Kier molecular flexibility index (Phi) is 5.03. The zero-order chi connectivity index (χ0) is 15.5. The number of nitrogens with zero attached hydrogens (tertiary/aromatic N) is 2. The number of hydrogen-bond acceptors (Lipinski definition) is 3. The van der Waals surface area contributed by atoms with E-state index in [1.165, 1.54) is 10.6 Å². The first kappa shape index (κ1) is 16.0. The molecule has 0 aliphatic rings. The summed E-state index contributed by atoms with van der Waals surface area (Å²) in [5.41, 5.74) is 6.82. The molecule has 1 aromatic carbocycles. The van der Waals surface area contributed by atoms with Crippen molar-refractivity contribution < 1.29 is 13.2 Å². The number of benzene rings is 1. The number of halogens is 3. The Balaban J connectivity index is 2.26. The van der Waals surface area contributed by atoms with Crippen molar-refractivity contribution in [1.29, 1.82) is 0 Å². The van der Waals surface area contributed by atoms with Gasteiger partial charge < -0.3 is 10.3 Å². The first-order chi connectivity index (χ1) is 9.93. The predicted molar refractivity (Wildman–Crippen MR) is 81.4 cm³/mol. The van der Waals surface area contributed by atoms with Crippen LogP contribution in [0.15, 0.2) is 18.2 Å². The van der Waals surface area contributed by atoms with Gasteiger partial charge in [-0.3, -0.25) is 0 Å². The maximum atomic E-state index is 13.1. The van der Waals surface area contributed by atoms with Gasteiger partial charge in [-0.15, -0.1) is 0 Å². The largest absolute Gasteiger partial charge is 0.449 e. The molecule has 2 aromatic rings. The number of alkyl halides is 3. The molecule has 21 heavy (non-hydrogen) atoms. The van der Waals surface area contributed by atoms with E-state index in [-0.39, 0.29) is 0 Å². The van der Waals surface area contributed by atoms with Crippen LogP contribution in [0.2, 0.25) is 0 Å². The Morgan fingerprint density at radius 2 is 2.00 bits per heavy atom. The summed E-state index contributed by atoms with van der Waals surface area (Å²) in [6, 6.07) is 4.69. The Morgan fingerprint density at radius 3 is 2.67 bits per heavy atom. The Hall–Kier alpha value is -1.37. The molecule has 0 radical (unpaired) electrons. The van der Waals surface area contributed by atoms with Crippen LogP contribution in [0, 0.1) is 0 Å². The molecule has 1 heterocycles. The van der Waals surface area contributed by atoms with Gasteiger partial charge in [-0.2, -0.15) is 24.9 Å². The smallest absolute Gasteiger partial charge is 0.399 e. The molecule has 0 unspecified atom stereocenters. The summed E-state index contributed by atoms with van der Waals surface area (Å²) >= 11 is 1.75. The number of fused-ring (bicyclic) bond motifs is 1. The van der Waals surface area contributed by atoms with Crippen LogP contribution in [0.3, 0.4) is 0 Å². The fourth-order valence-corrected chi connectivity index (χ4v) is 2.78. The molecule has 0 spiro atoms. The Bertz CT molecular complexity index is 607. The topological polar surface area (TPSA) is 43.8 Å². The van der Waals surface area contributed by atoms with Crippen molar-refractivity contribution in [2.45, 2.75) is 32.0 Å². The van der Waals surface area contributed by atoms with E-state index in [0.717, 1.165) is 18.6 Å². The molecule has 7 heteroatoms. The second kappa shape index (κ2) is 6.60. The number of hydrogen-bond donors (Lipinski definition) is 1. The molecular formula is C14H18F3N3S. The third kappa shape index (κ3) is 3.84. The van der Waals surface area contributed by atoms with Gasteiger partial charge in [0.05, 0.1) is 11.0 Å². The molecule has 2 N–H and O–H groups in total. The second-order valence-electron chi connectivity index (χ2n) is 4.89. The van der Waals surface area contributed by atoms with E-state index in [2.05, 4.69) is 4.98 Å². The molecule has 2 rings (SSSR count). The summed E-state index contributed by atoms with van der Waals surface area (Å²) in [6.07, 6.45) is 0.205. The van der Waals surface area contributed by atoms with Crippen LogP contribution in [0.1, 0.15) is 25.1 Å². The minimum Gasteiger partial charge on any atom is -0.399 e. The normalized spacial score (nSPS) is 12.2. The standard InChI is InChI=1S/C14H18F3N3S/c1-21-8-4-2-3-7-20-12-6-5-10(18)9-11(12)19-13(20)14(15,16)17/h5-6,9H,2-4,7-8,18H2,1H3. The van der Waals surface area contributed by atoms with Crippen LogP contribution in [0.4, 0.5) is 18.9 Å². The van der Waals surface area contributed by atoms with Crippen LogP contribution >= 0.6 is 11.8 Å². The quantitative estimate of drug-likeness (QED) is 0.642. The lowest BCUT2D eigenvalue weighted by molar-refractivity contribution is -0.146. The van der Waals surface area contributed by atoms with Gasteiger partial charge in [0.15, 0.2) is 0 Å². The molecule has 0 aliphatic heterocycles. The fourth-order valence-electron chi connectivity index (χ4n) is 2.28. The summed E-state index contributed by atoms with van der Waals surface area (Å²) in [5, 5.41) is 0. The maximum Gasteiger partial charge on any atom is 0.449 e. The highest BCUT2D eigenvalue weighted by Gasteiger charge is 2.37. The number of aryl methyl sites for hydroxylation is 1. The molecule has 0 fully saturated rings. The van der Waals surface area contributed by atoms with Crippen LogP contribution in [0.5, 0.6) is 0 Å². The molecule has 0 saturated heterocycles. The highest BCUT2D eigenvalue weighted by molar-refractivity contribution is 7.98. The highest BCUT2D eigenvalue weighted by atomic mass is 32.2. The molecule has 0 bridgehead atoms. The maximum absolute atomic E-state index is 13.1. The number of nitrogen functional groups attached to an aromatic ring is 1. The molecule has 0 saturated carbocycles.